The Kier molecular flexibility index (Phi) is 6.15. The molecule has 3 heteroatoms. The zero-order valence-electron chi connectivity index (χ0n) is 18.9. The first kappa shape index (κ1) is 21.6. The van der Waals surface area contributed by atoms with E-state index in [0.717, 1.165) is 21.7 Å². The maximum atomic E-state index is 4.92. The first-order chi connectivity index (χ1) is 14.9. The predicted molar refractivity (Wildman–Crippen MR) is 135 cm³/mol. The van der Waals surface area contributed by atoms with Crippen LogP contribution >= 0.6 is 15.9 Å². The summed E-state index contributed by atoms with van der Waals surface area (Å²) in [7, 11) is 0. The summed E-state index contributed by atoms with van der Waals surface area (Å²) in [4.78, 5) is 4.92. The molecule has 0 aliphatic heterocycles. The van der Waals surface area contributed by atoms with E-state index in [1.165, 1.54) is 27.9 Å². The molecule has 4 rings (SSSR count). The van der Waals surface area contributed by atoms with Crippen molar-refractivity contribution in [2.45, 2.75) is 46.5 Å². The number of rotatable bonds is 5. The lowest BCUT2D eigenvalue weighted by Crippen LogP contribution is -2.10. The van der Waals surface area contributed by atoms with Crippen molar-refractivity contribution in [2.75, 3.05) is 0 Å². The fourth-order valence-corrected chi connectivity index (χ4v) is 4.49. The number of hydrogen-bond donors (Lipinski definition) is 0. The van der Waals surface area contributed by atoms with E-state index in [1.54, 1.807) is 0 Å². The maximum Gasteiger partial charge on any atom is 0.146 e. The van der Waals surface area contributed by atoms with Gasteiger partial charge in [-0.05, 0) is 69.1 Å². The number of aromatic nitrogens is 2. The predicted octanol–water partition coefficient (Wildman–Crippen LogP) is 8.52. The lowest BCUT2D eigenvalue weighted by Gasteiger charge is -2.24. The molecule has 0 atom stereocenters. The third-order valence-electron chi connectivity index (χ3n) is 5.83. The van der Waals surface area contributed by atoms with Crippen molar-refractivity contribution in [2.24, 2.45) is 0 Å². The summed E-state index contributed by atoms with van der Waals surface area (Å²) >= 11 is 3.70. The fraction of sp³-hybridized carbons (Fsp3) is 0.250. The van der Waals surface area contributed by atoms with Crippen molar-refractivity contribution >= 4 is 15.9 Å². The molecule has 0 saturated carbocycles. The minimum Gasteiger partial charge on any atom is -0.295 e. The molecule has 1 heterocycles. The Morgan fingerprint density at radius 2 is 1.19 bits per heavy atom. The van der Waals surface area contributed by atoms with Crippen molar-refractivity contribution in [1.82, 2.24) is 9.55 Å². The van der Waals surface area contributed by atoms with Crippen LogP contribution in [-0.2, 0) is 0 Å². The second kappa shape index (κ2) is 8.84. The highest BCUT2D eigenvalue weighted by Gasteiger charge is 2.23. The van der Waals surface area contributed by atoms with Crippen molar-refractivity contribution in [1.29, 1.82) is 0 Å². The van der Waals surface area contributed by atoms with Gasteiger partial charge in [0.05, 0.1) is 11.4 Å². The molecule has 0 radical (unpaired) electrons. The first-order valence-electron chi connectivity index (χ1n) is 10.9. The summed E-state index contributed by atoms with van der Waals surface area (Å²) in [5.41, 5.74) is 8.71. The van der Waals surface area contributed by atoms with E-state index in [4.69, 9.17) is 4.98 Å². The highest BCUT2D eigenvalue weighted by atomic mass is 79.9. The standard InChI is InChI=1S/C28H29BrN2/c1-18(2)24-16-23(21-12-8-6-9-13-21)17-25(19(3)4)26(24)31-20(5)27(29)30-28(31)22-14-10-7-11-15-22/h6-19H,1-5H3. The Morgan fingerprint density at radius 1 is 0.710 bits per heavy atom. The van der Waals surface area contributed by atoms with Crippen LogP contribution in [-0.4, -0.2) is 9.55 Å². The number of halogens is 1. The molecule has 158 valence electrons. The molecular formula is C28H29BrN2. The van der Waals surface area contributed by atoms with Crippen LogP contribution < -0.4 is 0 Å². The van der Waals surface area contributed by atoms with E-state index in [0.29, 0.717) is 11.8 Å². The highest BCUT2D eigenvalue weighted by Crippen LogP contribution is 2.39. The first-order valence-corrected chi connectivity index (χ1v) is 11.7. The molecule has 0 saturated heterocycles. The van der Waals surface area contributed by atoms with Crippen LogP contribution in [0.5, 0.6) is 0 Å². The van der Waals surface area contributed by atoms with Gasteiger partial charge in [0.15, 0.2) is 0 Å². The van der Waals surface area contributed by atoms with Crippen LogP contribution in [0.3, 0.4) is 0 Å². The Morgan fingerprint density at radius 3 is 1.68 bits per heavy atom. The third kappa shape index (κ3) is 4.12. The van der Waals surface area contributed by atoms with Gasteiger partial charge in [0, 0.05) is 5.56 Å². The van der Waals surface area contributed by atoms with Gasteiger partial charge in [0.2, 0.25) is 0 Å². The minimum atomic E-state index is 0.375. The van der Waals surface area contributed by atoms with E-state index in [1.807, 2.05) is 6.07 Å². The van der Waals surface area contributed by atoms with Crippen LogP contribution in [0, 0.1) is 6.92 Å². The molecule has 0 aliphatic rings. The van der Waals surface area contributed by atoms with Crippen LogP contribution in [0.4, 0.5) is 0 Å². The third-order valence-corrected chi connectivity index (χ3v) is 6.58. The van der Waals surface area contributed by atoms with Gasteiger partial charge in [-0.25, -0.2) is 4.98 Å². The van der Waals surface area contributed by atoms with Crippen LogP contribution in [0.15, 0.2) is 77.4 Å². The van der Waals surface area contributed by atoms with Gasteiger partial charge in [0.25, 0.3) is 0 Å². The van der Waals surface area contributed by atoms with E-state index in [9.17, 15) is 0 Å². The van der Waals surface area contributed by atoms with Crippen molar-refractivity contribution in [3.05, 3.63) is 94.2 Å². The Bertz CT molecular complexity index is 1160. The SMILES string of the molecule is Cc1c(Br)nc(-c2ccccc2)n1-c1c(C(C)C)cc(-c2ccccc2)cc1C(C)C. The quantitative estimate of drug-likeness (QED) is 0.284. The van der Waals surface area contributed by atoms with Gasteiger partial charge >= 0.3 is 0 Å². The van der Waals surface area contributed by atoms with Gasteiger partial charge < -0.3 is 0 Å². The molecule has 0 aliphatic carbocycles. The van der Waals surface area contributed by atoms with Crippen LogP contribution in [0.1, 0.15) is 56.4 Å². The fourth-order valence-electron chi connectivity index (χ4n) is 4.15. The van der Waals surface area contributed by atoms with Crippen molar-refractivity contribution in [3.63, 3.8) is 0 Å². The number of hydrogen-bond acceptors (Lipinski definition) is 1. The largest absolute Gasteiger partial charge is 0.295 e. The van der Waals surface area contributed by atoms with Crippen LogP contribution in [0.2, 0.25) is 0 Å². The molecule has 3 aromatic carbocycles. The molecule has 0 amide bonds. The van der Waals surface area contributed by atoms with Crippen LogP contribution in [0.25, 0.3) is 28.2 Å². The molecule has 0 fully saturated rings. The molecule has 0 N–H and O–H groups in total. The number of imidazole rings is 1. The second-order valence-electron chi connectivity index (χ2n) is 8.69. The monoisotopic (exact) mass is 472 g/mol. The maximum absolute atomic E-state index is 4.92. The number of benzene rings is 3. The molecular weight excluding hydrogens is 444 g/mol. The summed E-state index contributed by atoms with van der Waals surface area (Å²) in [5.74, 6) is 1.72. The zero-order chi connectivity index (χ0) is 22.1. The normalized spacial score (nSPS) is 11.5. The Labute approximate surface area is 194 Å². The van der Waals surface area contributed by atoms with Gasteiger partial charge in [-0.3, -0.25) is 4.57 Å². The average molecular weight is 473 g/mol. The molecule has 31 heavy (non-hydrogen) atoms. The summed E-state index contributed by atoms with van der Waals surface area (Å²) < 4.78 is 3.24. The molecule has 0 spiro atoms. The van der Waals surface area contributed by atoms with Gasteiger partial charge in [-0.15, -0.1) is 0 Å². The van der Waals surface area contributed by atoms with Gasteiger partial charge in [0.1, 0.15) is 10.4 Å². The summed E-state index contributed by atoms with van der Waals surface area (Å²) in [6.45, 7) is 11.3. The lowest BCUT2D eigenvalue weighted by molar-refractivity contribution is 0.802. The van der Waals surface area contributed by atoms with Crippen molar-refractivity contribution < 1.29 is 0 Å². The summed E-state index contributed by atoms with van der Waals surface area (Å²) in [6, 6.07) is 25.9. The van der Waals surface area contributed by atoms with E-state index < -0.39 is 0 Å². The second-order valence-corrected chi connectivity index (χ2v) is 9.44. The topological polar surface area (TPSA) is 17.8 Å². The molecule has 0 bridgehead atoms. The Hall–Kier alpha value is -2.65. The molecule has 4 aromatic rings. The smallest absolute Gasteiger partial charge is 0.146 e. The molecule has 2 nitrogen and oxygen atoms in total. The van der Waals surface area contributed by atoms with Gasteiger partial charge in [-0.2, -0.15) is 0 Å². The minimum absolute atomic E-state index is 0.375. The molecule has 1 aromatic heterocycles. The highest BCUT2D eigenvalue weighted by molar-refractivity contribution is 9.10. The van der Waals surface area contributed by atoms with Gasteiger partial charge in [-0.1, -0.05) is 88.4 Å². The van der Waals surface area contributed by atoms with E-state index in [2.05, 4.69) is 122 Å². The average Bonchev–Trinajstić information content (AvgIpc) is 3.08. The Balaban J connectivity index is 2.06. The number of nitrogens with zero attached hydrogens (tertiary/aromatic N) is 2. The van der Waals surface area contributed by atoms with Crippen molar-refractivity contribution in [3.8, 4) is 28.2 Å². The molecule has 0 unspecified atom stereocenters. The zero-order valence-corrected chi connectivity index (χ0v) is 20.4. The summed E-state index contributed by atoms with van der Waals surface area (Å²) in [5, 5.41) is 0. The lowest BCUT2D eigenvalue weighted by atomic mass is 9.88. The van der Waals surface area contributed by atoms with E-state index in [-0.39, 0.29) is 0 Å². The summed E-state index contributed by atoms with van der Waals surface area (Å²) in [6.07, 6.45) is 0. The van der Waals surface area contributed by atoms with E-state index >= 15 is 0 Å².